The van der Waals surface area contributed by atoms with E-state index >= 15 is 0 Å². The summed E-state index contributed by atoms with van der Waals surface area (Å²) in [7, 11) is 1.85. The van der Waals surface area contributed by atoms with Crippen molar-refractivity contribution in [1.82, 2.24) is 20.4 Å². The number of nitrogens with one attached hydrogen (secondary N) is 2. The molecule has 0 radical (unpaired) electrons. The molecule has 1 unspecified atom stereocenters. The summed E-state index contributed by atoms with van der Waals surface area (Å²) in [5, 5.41) is 6.53. The highest BCUT2D eigenvalue weighted by atomic mass is 16.5. The first kappa shape index (κ1) is 22.2. The number of hydrogen-bond acceptors (Lipinski definition) is 4. The molecule has 0 saturated carbocycles. The molecule has 28 heavy (non-hydrogen) atoms. The topological polar surface area (TPSA) is 69.2 Å². The Kier molecular flexibility index (Phi) is 9.79. The maximum absolute atomic E-state index is 12.4. The fraction of sp³-hybridized carbons (Fsp3) is 0.619. The third kappa shape index (κ3) is 7.86. The fourth-order valence-corrected chi connectivity index (χ4v) is 3.12. The van der Waals surface area contributed by atoms with Crippen molar-refractivity contribution in [2.45, 2.75) is 32.9 Å². The van der Waals surface area contributed by atoms with Gasteiger partial charge in [0.05, 0.1) is 19.8 Å². The quantitative estimate of drug-likeness (QED) is 0.492. The Morgan fingerprint density at radius 3 is 2.64 bits per heavy atom. The van der Waals surface area contributed by atoms with E-state index in [-0.39, 0.29) is 5.91 Å². The third-order valence-corrected chi connectivity index (χ3v) is 4.85. The molecule has 1 aliphatic heterocycles. The average Bonchev–Trinajstić information content (AvgIpc) is 2.73. The highest BCUT2D eigenvalue weighted by molar-refractivity contribution is 5.81. The Morgan fingerprint density at radius 2 is 1.96 bits per heavy atom. The minimum absolute atomic E-state index is 0.119. The van der Waals surface area contributed by atoms with Gasteiger partial charge in [-0.3, -0.25) is 14.7 Å². The summed E-state index contributed by atoms with van der Waals surface area (Å²) in [5.41, 5.74) is 1.14. The Bertz CT molecular complexity index is 602. The van der Waals surface area contributed by atoms with Crippen LogP contribution in [0.15, 0.2) is 35.3 Å². The zero-order valence-electron chi connectivity index (χ0n) is 17.5. The largest absolute Gasteiger partial charge is 0.379 e. The maximum atomic E-state index is 12.4. The van der Waals surface area contributed by atoms with Crippen LogP contribution in [0.25, 0.3) is 0 Å². The van der Waals surface area contributed by atoms with E-state index in [4.69, 9.17) is 4.74 Å². The van der Waals surface area contributed by atoms with Crippen LogP contribution in [0.2, 0.25) is 0 Å². The summed E-state index contributed by atoms with van der Waals surface area (Å²) in [6.45, 7) is 10.5. The molecule has 0 aliphatic carbocycles. The van der Waals surface area contributed by atoms with Crippen molar-refractivity contribution in [3.05, 3.63) is 35.9 Å². The Labute approximate surface area is 169 Å². The summed E-state index contributed by atoms with van der Waals surface area (Å²) in [6.07, 6.45) is 0.437. The Balaban J connectivity index is 1.74. The van der Waals surface area contributed by atoms with Crippen LogP contribution in [0.4, 0.5) is 0 Å². The van der Waals surface area contributed by atoms with Crippen LogP contribution in [-0.4, -0.2) is 80.7 Å². The van der Waals surface area contributed by atoms with Gasteiger partial charge in [0.2, 0.25) is 5.91 Å². The number of aliphatic imine (C=N–C) groups is 1. The van der Waals surface area contributed by atoms with Crippen LogP contribution in [0, 0.1) is 0 Å². The number of carbonyl (C=O) groups is 1. The zero-order valence-corrected chi connectivity index (χ0v) is 17.5. The van der Waals surface area contributed by atoms with E-state index in [0.717, 1.165) is 50.9 Å². The summed E-state index contributed by atoms with van der Waals surface area (Å²) in [4.78, 5) is 21.2. The number of nitrogens with zero attached hydrogens (tertiary/aromatic N) is 3. The van der Waals surface area contributed by atoms with E-state index in [1.54, 1.807) is 4.90 Å². The average molecular weight is 390 g/mol. The highest BCUT2D eigenvalue weighted by Gasteiger charge is 2.16. The molecule has 1 heterocycles. The highest BCUT2D eigenvalue weighted by Crippen LogP contribution is 2.05. The monoisotopic (exact) mass is 389 g/mol. The molecule has 1 aromatic rings. The molecular formula is C21H35N5O2. The van der Waals surface area contributed by atoms with E-state index in [1.807, 2.05) is 44.3 Å². The minimum Gasteiger partial charge on any atom is -0.379 e. The van der Waals surface area contributed by atoms with Crippen LogP contribution in [-0.2, 0) is 16.1 Å². The molecular weight excluding hydrogens is 354 g/mol. The molecule has 1 atom stereocenters. The second-order valence-corrected chi connectivity index (χ2v) is 7.13. The summed E-state index contributed by atoms with van der Waals surface area (Å²) < 4.78 is 5.41. The van der Waals surface area contributed by atoms with E-state index in [9.17, 15) is 4.79 Å². The smallest absolute Gasteiger partial charge is 0.224 e. The van der Waals surface area contributed by atoms with Crippen molar-refractivity contribution in [3.8, 4) is 0 Å². The molecule has 7 heteroatoms. The molecule has 0 spiro atoms. The van der Waals surface area contributed by atoms with Crippen LogP contribution < -0.4 is 10.6 Å². The lowest BCUT2D eigenvalue weighted by Crippen LogP contribution is -2.44. The van der Waals surface area contributed by atoms with Gasteiger partial charge in [-0.05, 0) is 19.4 Å². The molecule has 156 valence electrons. The van der Waals surface area contributed by atoms with Gasteiger partial charge < -0.3 is 20.3 Å². The number of morpholine rings is 1. The summed E-state index contributed by atoms with van der Waals surface area (Å²) >= 11 is 0. The number of benzene rings is 1. The molecule has 1 aromatic carbocycles. The van der Waals surface area contributed by atoms with Crippen LogP contribution in [0.3, 0.4) is 0 Å². The number of rotatable bonds is 9. The van der Waals surface area contributed by atoms with Crippen LogP contribution in [0.1, 0.15) is 25.8 Å². The number of ether oxygens (including phenoxy) is 1. The normalized spacial score (nSPS) is 16.5. The first-order valence-electron chi connectivity index (χ1n) is 10.2. The summed E-state index contributed by atoms with van der Waals surface area (Å²) in [6, 6.07) is 10.4. The van der Waals surface area contributed by atoms with Crippen LogP contribution in [0.5, 0.6) is 0 Å². The lowest BCUT2D eigenvalue weighted by Gasteiger charge is -2.31. The van der Waals surface area contributed by atoms with Gasteiger partial charge in [-0.1, -0.05) is 30.3 Å². The lowest BCUT2D eigenvalue weighted by molar-refractivity contribution is -0.130. The molecule has 7 nitrogen and oxygen atoms in total. The van der Waals surface area contributed by atoms with Gasteiger partial charge in [-0.25, -0.2) is 0 Å². The Morgan fingerprint density at radius 1 is 1.25 bits per heavy atom. The standard InChI is InChI=1S/C21H35N5O2/c1-4-22-21(24-16-18(2)26-12-14-28-15-13-26)23-11-10-20(27)25(3)17-19-8-6-5-7-9-19/h5-9,18H,4,10-17H2,1-3H3,(H2,22,23,24). The molecule has 0 bridgehead atoms. The van der Waals surface area contributed by atoms with E-state index in [2.05, 4.69) is 27.4 Å². The van der Waals surface area contributed by atoms with E-state index in [0.29, 0.717) is 25.6 Å². The van der Waals surface area contributed by atoms with Gasteiger partial charge in [0, 0.05) is 52.2 Å². The van der Waals surface area contributed by atoms with Gasteiger partial charge in [0.1, 0.15) is 0 Å². The first-order valence-corrected chi connectivity index (χ1v) is 10.2. The third-order valence-electron chi connectivity index (χ3n) is 4.85. The van der Waals surface area contributed by atoms with Crippen molar-refractivity contribution in [2.75, 3.05) is 53.0 Å². The Hall–Kier alpha value is -2.12. The fourth-order valence-electron chi connectivity index (χ4n) is 3.12. The summed E-state index contributed by atoms with van der Waals surface area (Å²) in [5.74, 6) is 0.884. The number of carbonyl (C=O) groups excluding carboxylic acids is 1. The number of amides is 1. The molecule has 2 N–H and O–H groups in total. The lowest BCUT2D eigenvalue weighted by atomic mass is 10.2. The molecule has 1 aliphatic rings. The van der Waals surface area contributed by atoms with Crippen molar-refractivity contribution < 1.29 is 9.53 Å². The predicted octanol–water partition coefficient (Wildman–Crippen LogP) is 1.31. The van der Waals surface area contributed by atoms with Crippen molar-refractivity contribution >= 4 is 11.9 Å². The van der Waals surface area contributed by atoms with Crippen molar-refractivity contribution in [3.63, 3.8) is 0 Å². The van der Waals surface area contributed by atoms with E-state index < -0.39 is 0 Å². The molecule has 1 amide bonds. The minimum atomic E-state index is 0.119. The van der Waals surface area contributed by atoms with Crippen LogP contribution >= 0.6 is 0 Å². The molecule has 0 aromatic heterocycles. The van der Waals surface area contributed by atoms with Crippen molar-refractivity contribution in [2.24, 2.45) is 4.99 Å². The molecule has 2 rings (SSSR count). The van der Waals surface area contributed by atoms with Gasteiger partial charge in [0.25, 0.3) is 0 Å². The second-order valence-electron chi connectivity index (χ2n) is 7.13. The maximum Gasteiger partial charge on any atom is 0.224 e. The van der Waals surface area contributed by atoms with Crippen molar-refractivity contribution in [1.29, 1.82) is 0 Å². The number of guanidine groups is 1. The zero-order chi connectivity index (χ0) is 20.2. The first-order chi connectivity index (χ1) is 13.6. The number of hydrogen-bond donors (Lipinski definition) is 2. The second kappa shape index (κ2) is 12.4. The van der Waals surface area contributed by atoms with Gasteiger partial charge >= 0.3 is 0 Å². The van der Waals surface area contributed by atoms with Gasteiger partial charge in [0.15, 0.2) is 5.96 Å². The molecule has 1 fully saturated rings. The van der Waals surface area contributed by atoms with Gasteiger partial charge in [-0.15, -0.1) is 0 Å². The molecule has 1 saturated heterocycles. The van der Waals surface area contributed by atoms with E-state index in [1.165, 1.54) is 0 Å². The van der Waals surface area contributed by atoms with Gasteiger partial charge in [-0.2, -0.15) is 0 Å². The SMILES string of the molecule is CCNC(=NCC(C)N1CCOCC1)NCCC(=O)N(C)Cc1ccccc1. The predicted molar refractivity (Wildman–Crippen MR) is 113 cm³/mol.